The molecule has 5 rings (SSSR count). The Balaban J connectivity index is 1.84. The van der Waals surface area contributed by atoms with Gasteiger partial charge in [-0.05, 0) is 75.8 Å². The number of rotatable bonds is 6. The van der Waals surface area contributed by atoms with E-state index in [-0.39, 0.29) is 0 Å². The van der Waals surface area contributed by atoms with Gasteiger partial charge in [-0.25, -0.2) is 0 Å². The van der Waals surface area contributed by atoms with E-state index in [1.165, 1.54) is 0 Å². The Kier molecular flexibility index (Phi) is 5.93. The first-order valence-corrected chi connectivity index (χ1v) is 12.2. The third-order valence-corrected chi connectivity index (χ3v) is 7.54. The average molecular weight is 476 g/mol. The Morgan fingerprint density at radius 3 is 2.54 bits per heavy atom. The lowest BCUT2D eigenvalue weighted by atomic mass is 9.95. The predicted octanol–water partition coefficient (Wildman–Crippen LogP) is 5.47. The van der Waals surface area contributed by atoms with Crippen LogP contribution in [0.5, 0.6) is 0 Å². The van der Waals surface area contributed by atoms with Crippen molar-refractivity contribution < 1.29 is 18.8 Å². The van der Waals surface area contributed by atoms with Gasteiger partial charge in [-0.1, -0.05) is 17.3 Å². The van der Waals surface area contributed by atoms with E-state index in [4.69, 9.17) is 19.7 Å². The fraction of sp³-hybridized carbons (Fsp3) is 0.429. The molecule has 2 N–H and O–H groups in total. The maximum Gasteiger partial charge on any atom is 0.249 e. The third kappa shape index (κ3) is 4.02. The topological polar surface area (TPSA) is 92.5 Å². The number of carbonyl (C=O) groups excluding carboxylic acids is 1. The van der Waals surface area contributed by atoms with E-state index in [1.54, 1.807) is 7.11 Å². The first-order chi connectivity index (χ1) is 16.7. The van der Waals surface area contributed by atoms with Crippen LogP contribution in [-0.2, 0) is 21.6 Å². The van der Waals surface area contributed by atoms with Gasteiger partial charge in [-0.2, -0.15) is 0 Å². The van der Waals surface area contributed by atoms with E-state index in [1.807, 2.05) is 19.9 Å². The summed E-state index contributed by atoms with van der Waals surface area (Å²) in [6, 6.07) is 10.4. The maximum absolute atomic E-state index is 12.8. The number of benzene rings is 2. The van der Waals surface area contributed by atoms with Gasteiger partial charge >= 0.3 is 0 Å². The second kappa shape index (κ2) is 8.81. The van der Waals surface area contributed by atoms with Crippen LogP contribution in [0.1, 0.15) is 54.1 Å². The van der Waals surface area contributed by atoms with Gasteiger partial charge in [-0.3, -0.25) is 4.79 Å². The quantitative estimate of drug-likeness (QED) is 0.399. The number of aromatic nitrogens is 2. The number of hydrogen-bond donors (Lipinski definition) is 1. The molecule has 1 fully saturated rings. The molecule has 2 aromatic heterocycles. The van der Waals surface area contributed by atoms with Crippen LogP contribution in [0.25, 0.3) is 32.9 Å². The molecule has 184 valence electrons. The zero-order valence-corrected chi connectivity index (χ0v) is 21.1. The van der Waals surface area contributed by atoms with E-state index in [0.29, 0.717) is 17.2 Å². The molecule has 0 bridgehead atoms. The number of nitrogens with zero attached hydrogens (tertiary/aromatic N) is 2. The number of ether oxygens (including phenoxy) is 2. The Bertz CT molecular complexity index is 1400. The van der Waals surface area contributed by atoms with Crippen LogP contribution in [0.3, 0.4) is 0 Å². The molecular weight excluding hydrogens is 442 g/mol. The van der Waals surface area contributed by atoms with Crippen molar-refractivity contribution >= 4 is 27.7 Å². The summed E-state index contributed by atoms with van der Waals surface area (Å²) < 4.78 is 19.2. The Hall–Kier alpha value is -3.16. The Morgan fingerprint density at radius 1 is 1.17 bits per heavy atom. The second-order valence-corrected chi connectivity index (χ2v) is 10.1. The van der Waals surface area contributed by atoms with E-state index in [2.05, 4.69) is 47.8 Å². The Morgan fingerprint density at radius 2 is 1.91 bits per heavy atom. The molecule has 2 aromatic carbocycles. The van der Waals surface area contributed by atoms with Gasteiger partial charge in [0, 0.05) is 54.3 Å². The van der Waals surface area contributed by atoms with Crippen molar-refractivity contribution in [2.75, 3.05) is 20.3 Å². The molecule has 7 heteroatoms. The summed E-state index contributed by atoms with van der Waals surface area (Å²) in [5, 5.41) is 6.03. The minimum atomic E-state index is -0.449. The van der Waals surface area contributed by atoms with E-state index < -0.39 is 11.5 Å². The van der Waals surface area contributed by atoms with E-state index in [0.717, 1.165) is 76.8 Å². The molecule has 7 nitrogen and oxygen atoms in total. The summed E-state index contributed by atoms with van der Waals surface area (Å²) in [5.41, 5.74) is 11.7. The molecule has 0 unspecified atom stereocenters. The molecular formula is C28H33N3O4. The van der Waals surface area contributed by atoms with Crippen LogP contribution in [0.15, 0.2) is 34.9 Å². The van der Waals surface area contributed by atoms with E-state index in [9.17, 15) is 4.79 Å². The van der Waals surface area contributed by atoms with Gasteiger partial charge in [0.15, 0.2) is 0 Å². The molecule has 4 aromatic rings. The van der Waals surface area contributed by atoms with Crippen molar-refractivity contribution in [1.82, 2.24) is 9.72 Å². The first-order valence-electron chi connectivity index (χ1n) is 12.2. The smallest absolute Gasteiger partial charge is 0.249 e. The number of methoxy groups -OCH3 is 1. The van der Waals surface area contributed by atoms with Gasteiger partial charge in [0.25, 0.3) is 0 Å². The van der Waals surface area contributed by atoms with Crippen molar-refractivity contribution in [2.24, 2.45) is 11.7 Å². The number of aryl methyl sites for hydroxylation is 2. The molecule has 1 saturated heterocycles. The zero-order chi connectivity index (χ0) is 24.9. The molecule has 0 aliphatic carbocycles. The van der Waals surface area contributed by atoms with Gasteiger partial charge in [0.1, 0.15) is 5.76 Å². The second-order valence-electron chi connectivity index (χ2n) is 10.1. The fourth-order valence-corrected chi connectivity index (χ4v) is 5.33. The third-order valence-electron chi connectivity index (χ3n) is 7.54. The largest absolute Gasteiger partial charge is 0.381 e. The zero-order valence-electron chi connectivity index (χ0n) is 21.1. The summed E-state index contributed by atoms with van der Waals surface area (Å²) in [6.45, 7) is 10.3. The number of fused-ring (bicyclic) bond motifs is 3. The summed E-state index contributed by atoms with van der Waals surface area (Å²) in [5.74, 6) is 0.755. The normalized spacial score (nSPS) is 15.3. The van der Waals surface area contributed by atoms with Gasteiger partial charge in [0.05, 0.1) is 16.8 Å². The summed E-state index contributed by atoms with van der Waals surface area (Å²) in [6.07, 6.45) is 2.02. The van der Waals surface area contributed by atoms with Gasteiger partial charge in [-0.15, -0.1) is 0 Å². The minimum Gasteiger partial charge on any atom is -0.381 e. The SMILES string of the molecule is COC(C)(C)c1ccc2c3c(C(N)=O)cc(-c4c(C)noc4C)cc3n(CC3CCOCC3)c2c1. The van der Waals surface area contributed by atoms with Crippen LogP contribution in [-0.4, -0.2) is 36.0 Å². The number of amides is 1. The van der Waals surface area contributed by atoms with Crippen molar-refractivity contribution in [2.45, 2.75) is 52.7 Å². The van der Waals surface area contributed by atoms with Crippen LogP contribution in [0, 0.1) is 19.8 Å². The van der Waals surface area contributed by atoms with E-state index >= 15 is 0 Å². The standard InChI is InChI=1S/C28H33N3O4/c1-16-25(17(2)35-30-16)19-12-22(27(29)32)26-21-7-6-20(28(3,4)33-5)14-23(21)31(24(26)13-19)15-18-8-10-34-11-9-18/h6-7,12-14,18H,8-11,15H2,1-5H3,(H2,29,32). The number of primary amides is 1. The lowest BCUT2D eigenvalue weighted by Crippen LogP contribution is -2.21. The highest BCUT2D eigenvalue weighted by Gasteiger charge is 2.26. The monoisotopic (exact) mass is 475 g/mol. The minimum absolute atomic E-state index is 0.442. The lowest BCUT2D eigenvalue weighted by Gasteiger charge is -2.25. The molecule has 1 amide bonds. The molecule has 3 heterocycles. The summed E-state index contributed by atoms with van der Waals surface area (Å²) in [7, 11) is 1.73. The molecule has 0 saturated carbocycles. The number of carbonyl (C=O) groups is 1. The van der Waals surface area contributed by atoms with Crippen molar-refractivity contribution in [3.05, 3.63) is 52.9 Å². The number of hydrogen-bond acceptors (Lipinski definition) is 5. The lowest BCUT2D eigenvalue weighted by molar-refractivity contribution is 0.0193. The maximum atomic E-state index is 12.8. The van der Waals surface area contributed by atoms with Crippen LogP contribution in [0.4, 0.5) is 0 Å². The van der Waals surface area contributed by atoms with Crippen molar-refractivity contribution in [3.63, 3.8) is 0 Å². The van der Waals surface area contributed by atoms with Crippen LogP contribution < -0.4 is 5.73 Å². The van der Waals surface area contributed by atoms with Crippen LogP contribution in [0.2, 0.25) is 0 Å². The highest BCUT2D eigenvalue weighted by Crippen LogP contribution is 2.39. The molecule has 1 aliphatic rings. The summed E-state index contributed by atoms with van der Waals surface area (Å²) >= 11 is 0. The molecule has 0 spiro atoms. The first kappa shape index (κ1) is 23.6. The highest BCUT2D eigenvalue weighted by atomic mass is 16.5. The highest BCUT2D eigenvalue weighted by molar-refractivity contribution is 6.19. The fourth-order valence-electron chi connectivity index (χ4n) is 5.33. The predicted molar refractivity (Wildman–Crippen MR) is 137 cm³/mol. The van der Waals surface area contributed by atoms with Crippen molar-refractivity contribution in [1.29, 1.82) is 0 Å². The van der Waals surface area contributed by atoms with Gasteiger partial charge < -0.3 is 24.3 Å². The molecule has 0 atom stereocenters. The molecule has 35 heavy (non-hydrogen) atoms. The summed E-state index contributed by atoms with van der Waals surface area (Å²) in [4.78, 5) is 12.8. The Labute approximate surface area is 205 Å². The average Bonchev–Trinajstić information content (AvgIpc) is 3.35. The molecule has 1 aliphatic heterocycles. The molecule has 0 radical (unpaired) electrons. The van der Waals surface area contributed by atoms with Crippen molar-refractivity contribution in [3.8, 4) is 11.1 Å². The number of nitrogens with two attached hydrogens (primary N) is 1. The van der Waals surface area contributed by atoms with Gasteiger partial charge in [0.2, 0.25) is 5.91 Å². The van der Waals surface area contributed by atoms with Crippen LogP contribution >= 0.6 is 0 Å².